The van der Waals surface area contributed by atoms with E-state index in [0.717, 1.165) is 6.07 Å². The number of aryl methyl sites for hydroxylation is 1. The van der Waals surface area contributed by atoms with Gasteiger partial charge >= 0.3 is 0 Å². The van der Waals surface area contributed by atoms with Crippen molar-refractivity contribution in [1.29, 1.82) is 0 Å². The molecule has 0 bridgehead atoms. The number of halogens is 3. The SMILES string of the molecule is Cc1cc(C(F)F)c(Cl)c(=O)[nH]1. The molecule has 2 nitrogen and oxygen atoms in total. The normalized spacial score (nSPS) is 10.8. The molecule has 0 radical (unpaired) electrons. The summed E-state index contributed by atoms with van der Waals surface area (Å²) in [5.74, 6) is 0. The van der Waals surface area contributed by atoms with E-state index in [0.29, 0.717) is 5.69 Å². The molecule has 0 aliphatic heterocycles. The van der Waals surface area contributed by atoms with Crippen LogP contribution >= 0.6 is 11.6 Å². The van der Waals surface area contributed by atoms with Crippen molar-refractivity contribution in [2.24, 2.45) is 0 Å². The van der Waals surface area contributed by atoms with Gasteiger partial charge in [-0.2, -0.15) is 0 Å². The average Bonchev–Trinajstić information content (AvgIpc) is 1.96. The molecule has 0 aliphatic rings. The zero-order valence-electron chi connectivity index (χ0n) is 6.20. The molecule has 1 rings (SSSR count). The van der Waals surface area contributed by atoms with Crippen molar-refractivity contribution in [3.63, 3.8) is 0 Å². The Hall–Kier alpha value is -0.900. The molecular formula is C7H6ClF2NO. The third-order valence-electron chi connectivity index (χ3n) is 1.37. The molecule has 1 aromatic heterocycles. The van der Waals surface area contributed by atoms with E-state index in [1.165, 1.54) is 6.92 Å². The maximum atomic E-state index is 12.2. The predicted octanol–water partition coefficient (Wildman–Crippen LogP) is 2.27. The zero-order chi connectivity index (χ0) is 9.30. The summed E-state index contributed by atoms with van der Waals surface area (Å²) in [6.07, 6.45) is -2.71. The van der Waals surface area contributed by atoms with Crippen LogP contribution in [0.25, 0.3) is 0 Å². The minimum atomic E-state index is -2.71. The number of pyridine rings is 1. The van der Waals surface area contributed by atoms with Gasteiger partial charge in [0.2, 0.25) is 0 Å². The number of H-pyrrole nitrogens is 1. The quantitative estimate of drug-likeness (QED) is 0.729. The first-order chi connectivity index (χ1) is 5.52. The molecule has 0 saturated heterocycles. The van der Waals surface area contributed by atoms with E-state index in [1.807, 2.05) is 0 Å². The summed E-state index contributed by atoms with van der Waals surface area (Å²) in [6, 6.07) is 1.16. The summed E-state index contributed by atoms with van der Waals surface area (Å²) in [4.78, 5) is 13.2. The van der Waals surface area contributed by atoms with E-state index < -0.39 is 22.6 Å². The molecule has 1 heterocycles. The van der Waals surface area contributed by atoms with Crippen LogP contribution in [0.5, 0.6) is 0 Å². The Morgan fingerprint density at radius 3 is 2.67 bits per heavy atom. The van der Waals surface area contributed by atoms with Crippen LogP contribution in [0.4, 0.5) is 8.78 Å². The first-order valence-corrected chi connectivity index (χ1v) is 3.57. The van der Waals surface area contributed by atoms with E-state index in [4.69, 9.17) is 11.6 Å². The fraction of sp³-hybridized carbons (Fsp3) is 0.286. The first-order valence-electron chi connectivity index (χ1n) is 3.20. The van der Waals surface area contributed by atoms with Gasteiger partial charge in [-0.15, -0.1) is 0 Å². The second kappa shape index (κ2) is 3.23. The largest absolute Gasteiger partial charge is 0.325 e. The number of hydrogen-bond donors (Lipinski definition) is 1. The first kappa shape index (κ1) is 9.19. The second-order valence-corrected chi connectivity index (χ2v) is 2.73. The van der Waals surface area contributed by atoms with E-state index in [9.17, 15) is 13.6 Å². The topological polar surface area (TPSA) is 32.9 Å². The van der Waals surface area contributed by atoms with Gasteiger partial charge in [0.25, 0.3) is 12.0 Å². The highest BCUT2D eigenvalue weighted by molar-refractivity contribution is 6.31. The Balaban J connectivity index is 3.38. The number of rotatable bonds is 1. The molecule has 1 aromatic rings. The lowest BCUT2D eigenvalue weighted by molar-refractivity contribution is 0.151. The van der Waals surface area contributed by atoms with Crippen LogP contribution in [0.15, 0.2) is 10.9 Å². The summed E-state index contributed by atoms with van der Waals surface area (Å²) >= 11 is 5.34. The fourth-order valence-corrected chi connectivity index (χ4v) is 1.04. The maximum absolute atomic E-state index is 12.2. The van der Waals surface area contributed by atoms with Crippen LogP contribution in [0, 0.1) is 6.92 Å². The maximum Gasteiger partial charge on any atom is 0.267 e. The lowest BCUT2D eigenvalue weighted by Crippen LogP contribution is -2.10. The van der Waals surface area contributed by atoms with Gasteiger partial charge < -0.3 is 4.98 Å². The summed E-state index contributed by atoms with van der Waals surface area (Å²) in [7, 11) is 0. The molecule has 5 heteroatoms. The van der Waals surface area contributed by atoms with Gasteiger partial charge in [0.15, 0.2) is 0 Å². The third kappa shape index (κ3) is 1.64. The van der Waals surface area contributed by atoms with Gasteiger partial charge in [0.1, 0.15) is 5.02 Å². The Morgan fingerprint density at radius 2 is 2.17 bits per heavy atom. The van der Waals surface area contributed by atoms with Crippen molar-refractivity contribution in [2.45, 2.75) is 13.3 Å². The van der Waals surface area contributed by atoms with Crippen molar-refractivity contribution >= 4 is 11.6 Å². The van der Waals surface area contributed by atoms with Crippen LogP contribution in [0.3, 0.4) is 0 Å². The van der Waals surface area contributed by atoms with Crippen LogP contribution in [-0.4, -0.2) is 4.98 Å². The van der Waals surface area contributed by atoms with Crippen LogP contribution in [0.1, 0.15) is 17.7 Å². The number of alkyl halides is 2. The second-order valence-electron chi connectivity index (χ2n) is 2.35. The summed E-state index contributed by atoms with van der Waals surface area (Å²) in [5, 5.41) is -0.435. The van der Waals surface area contributed by atoms with Crippen molar-refractivity contribution in [3.05, 3.63) is 32.7 Å². The number of aromatic nitrogens is 1. The van der Waals surface area contributed by atoms with E-state index in [2.05, 4.69) is 4.98 Å². The third-order valence-corrected chi connectivity index (χ3v) is 1.76. The van der Waals surface area contributed by atoms with Gasteiger partial charge in [0.05, 0.1) is 0 Å². The molecule has 0 fully saturated rings. The van der Waals surface area contributed by atoms with Crippen LogP contribution < -0.4 is 5.56 Å². The number of hydrogen-bond acceptors (Lipinski definition) is 1. The Morgan fingerprint density at radius 1 is 1.58 bits per heavy atom. The predicted molar refractivity (Wildman–Crippen MR) is 41.8 cm³/mol. The van der Waals surface area contributed by atoms with Gasteiger partial charge in [-0.25, -0.2) is 8.78 Å². The van der Waals surface area contributed by atoms with Crippen molar-refractivity contribution in [3.8, 4) is 0 Å². The summed E-state index contributed by atoms with van der Waals surface area (Å²) in [6.45, 7) is 1.52. The van der Waals surface area contributed by atoms with Gasteiger partial charge in [-0.3, -0.25) is 4.79 Å². The minimum absolute atomic E-state index is 0.375. The smallest absolute Gasteiger partial charge is 0.267 e. The number of aromatic amines is 1. The highest BCUT2D eigenvalue weighted by Crippen LogP contribution is 2.23. The fourth-order valence-electron chi connectivity index (χ4n) is 0.857. The van der Waals surface area contributed by atoms with E-state index in [1.54, 1.807) is 0 Å². The highest BCUT2D eigenvalue weighted by atomic mass is 35.5. The monoisotopic (exact) mass is 193 g/mol. The molecule has 12 heavy (non-hydrogen) atoms. The van der Waals surface area contributed by atoms with E-state index in [-0.39, 0.29) is 0 Å². The Bertz CT molecular complexity index is 348. The number of nitrogens with one attached hydrogen (secondary N) is 1. The molecule has 0 aromatic carbocycles. The van der Waals surface area contributed by atoms with Crippen molar-refractivity contribution in [2.75, 3.05) is 0 Å². The Kier molecular flexibility index (Phi) is 2.47. The Labute approximate surface area is 72.2 Å². The van der Waals surface area contributed by atoms with Gasteiger partial charge in [-0.05, 0) is 13.0 Å². The molecule has 0 amide bonds. The molecule has 0 spiro atoms. The molecule has 0 aliphatic carbocycles. The molecular weight excluding hydrogens is 188 g/mol. The minimum Gasteiger partial charge on any atom is -0.325 e. The standard InChI is InChI=1S/C7H6ClF2NO/c1-3-2-4(6(9)10)5(8)7(12)11-3/h2,6H,1H3,(H,11,12). The van der Waals surface area contributed by atoms with Gasteiger partial charge in [0, 0.05) is 11.3 Å². The van der Waals surface area contributed by atoms with Crippen LogP contribution in [0.2, 0.25) is 5.02 Å². The zero-order valence-corrected chi connectivity index (χ0v) is 6.95. The lowest BCUT2D eigenvalue weighted by atomic mass is 10.2. The average molecular weight is 194 g/mol. The lowest BCUT2D eigenvalue weighted by Gasteiger charge is -2.02. The summed E-state index contributed by atoms with van der Waals surface area (Å²) in [5.41, 5.74) is -0.718. The van der Waals surface area contributed by atoms with Crippen molar-refractivity contribution in [1.82, 2.24) is 4.98 Å². The van der Waals surface area contributed by atoms with Crippen LogP contribution in [-0.2, 0) is 0 Å². The van der Waals surface area contributed by atoms with E-state index >= 15 is 0 Å². The van der Waals surface area contributed by atoms with Crippen molar-refractivity contribution < 1.29 is 8.78 Å². The molecule has 0 unspecified atom stereocenters. The highest BCUT2D eigenvalue weighted by Gasteiger charge is 2.14. The summed E-state index contributed by atoms with van der Waals surface area (Å²) < 4.78 is 24.3. The molecule has 0 saturated carbocycles. The van der Waals surface area contributed by atoms with Gasteiger partial charge in [-0.1, -0.05) is 11.6 Å². The molecule has 66 valence electrons. The molecule has 1 N–H and O–H groups in total. The molecule has 0 atom stereocenters.